The summed E-state index contributed by atoms with van der Waals surface area (Å²) in [7, 11) is 0. The van der Waals surface area contributed by atoms with Crippen molar-refractivity contribution in [3.8, 4) is 0 Å². The Bertz CT molecular complexity index is 907. The van der Waals surface area contributed by atoms with Gasteiger partial charge in [0.25, 0.3) is 5.91 Å². The second-order valence-corrected chi connectivity index (χ2v) is 8.20. The van der Waals surface area contributed by atoms with Crippen LogP contribution in [0.5, 0.6) is 0 Å². The number of carbonyl (C=O) groups excluding carboxylic acids is 2. The van der Waals surface area contributed by atoms with Crippen molar-refractivity contribution in [2.45, 2.75) is 25.2 Å². The number of carbonyl (C=O) groups is 2. The summed E-state index contributed by atoms with van der Waals surface area (Å²) in [6.45, 7) is 2.12. The van der Waals surface area contributed by atoms with E-state index in [2.05, 4.69) is 18.2 Å². The molecule has 1 aliphatic heterocycles. The van der Waals surface area contributed by atoms with E-state index in [4.69, 9.17) is 23.2 Å². The van der Waals surface area contributed by atoms with Gasteiger partial charge in [-0.1, -0.05) is 53.5 Å². The third-order valence-electron chi connectivity index (χ3n) is 5.78. The Kier molecular flexibility index (Phi) is 5.61. The van der Waals surface area contributed by atoms with Crippen LogP contribution in [-0.2, 0) is 11.2 Å². The van der Waals surface area contributed by atoms with Gasteiger partial charge in [0.1, 0.15) is 0 Å². The first kappa shape index (κ1) is 19.3. The highest BCUT2D eigenvalue weighted by Crippen LogP contribution is 2.35. The summed E-state index contributed by atoms with van der Waals surface area (Å²) in [5, 5.41) is 0.658. The Labute approximate surface area is 175 Å². The molecular formula is C22H22Cl2N2O2. The lowest BCUT2D eigenvalue weighted by Gasteiger charge is -2.35. The Morgan fingerprint density at radius 3 is 2.43 bits per heavy atom. The summed E-state index contributed by atoms with van der Waals surface area (Å²) >= 11 is 12.2. The van der Waals surface area contributed by atoms with E-state index in [0.29, 0.717) is 49.1 Å². The van der Waals surface area contributed by atoms with E-state index in [9.17, 15) is 9.59 Å². The van der Waals surface area contributed by atoms with Crippen LogP contribution in [0.4, 0.5) is 0 Å². The van der Waals surface area contributed by atoms with Gasteiger partial charge in [-0.25, -0.2) is 0 Å². The molecule has 1 atom stereocenters. The predicted molar refractivity (Wildman–Crippen MR) is 111 cm³/mol. The molecule has 0 aromatic heterocycles. The first-order valence-corrected chi connectivity index (χ1v) is 10.4. The highest BCUT2D eigenvalue weighted by molar-refractivity contribution is 6.43. The quantitative estimate of drug-likeness (QED) is 0.743. The van der Waals surface area contributed by atoms with Crippen LogP contribution in [0.2, 0.25) is 10.0 Å². The Morgan fingerprint density at radius 1 is 0.929 bits per heavy atom. The molecule has 0 bridgehead atoms. The van der Waals surface area contributed by atoms with Gasteiger partial charge in [-0.3, -0.25) is 9.59 Å². The second-order valence-electron chi connectivity index (χ2n) is 7.41. The molecule has 28 heavy (non-hydrogen) atoms. The van der Waals surface area contributed by atoms with Crippen LogP contribution in [-0.4, -0.2) is 47.8 Å². The maximum atomic E-state index is 12.8. The van der Waals surface area contributed by atoms with Gasteiger partial charge in [-0.2, -0.15) is 0 Å². The number of hydrogen-bond donors (Lipinski definition) is 0. The average molecular weight is 417 g/mol. The SMILES string of the molecule is O=C(CC1CCc2ccccc21)N1CCN(C(=O)c2cccc(Cl)c2Cl)CC1. The molecule has 0 saturated carbocycles. The van der Waals surface area contributed by atoms with Crippen LogP contribution in [0.15, 0.2) is 42.5 Å². The molecule has 1 fully saturated rings. The molecule has 2 amide bonds. The molecule has 0 spiro atoms. The normalized spacial score (nSPS) is 18.9. The van der Waals surface area contributed by atoms with Crippen LogP contribution in [0.1, 0.15) is 40.2 Å². The molecule has 2 aromatic rings. The average Bonchev–Trinajstić information content (AvgIpc) is 3.12. The van der Waals surface area contributed by atoms with E-state index < -0.39 is 0 Å². The van der Waals surface area contributed by atoms with Crippen molar-refractivity contribution in [2.75, 3.05) is 26.2 Å². The second kappa shape index (κ2) is 8.14. The van der Waals surface area contributed by atoms with E-state index >= 15 is 0 Å². The lowest BCUT2D eigenvalue weighted by atomic mass is 9.97. The number of piperazine rings is 1. The van der Waals surface area contributed by atoms with Crippen molar-refractivity contribution < 1.29 is 9.59 Å². The molecule has 4 rings (SSSR count). The minimum absolute atomic E-state index is 0.135. The van der Waals surface area contributed by atoms with Gasteiger partial charge in [0.05, 0.1) is 15.6 Å². The van der Waals surface area contributed by atoms with Crippen LogP contribution in [0.25, 0.3) is 0 Å². The molecule has 1 aliphatic carbocycles. The number of fused-ring (bicyclic) bond motifs is 1. The smallest absolute Gasteiger partial charge is 0.255 e. The fourth-order valence-corrected chi connectivity index (χ4v) is 4.58. The summed E-state index contributed by atoms with van der Waals surface area (Å²) in [5.41, 5.74) is 3.10. The molecular weight excluding hydrogens is 395 g/mol. The van der Waals surface area contributed by atoms with Crippen molar-refractivity contribution in [2.24, 2.45) is 0 Å². The minimum atomic E-state index is -0.135. The van der Waals surface area contributed by atoms with Gasteiger partial charge in [-0.05, 0) is 42.0 Å². The topological polar surface area (TPSA) is 40.6 Å². The molecule has 146 valence electrons. The maximum Gasteiger partial charge on any atom is 0.255 e. The Morgan fingerprint density at radius 2 is 1.64 bits per heavy atom. The molecule has 0 N–H and O–H groups in total. The predicted octanol–water partition coefficient (Wildman–Crippen LogP) is 4.40. The number of aryl methyl sites for hydroxylation is 1. The summed E-state index contributed by atoms with van der Waals surface area (Å²) in [6, 6.07) is 13.5. The van der Waals surface area contributed by atoms with Crippen molar-refractivity contribution in [3.05, 3.63) is 69.2 Å². The van der Waals surface area contributed by atoms with Crippen molar-refractivity contribution in [1.82, 2.24) is 9.80 Å². The van der Waals surface area contributed by atoms with Crippen molar-refractivity contribution >= 4 is 35.0 Å². The first-order chi connectivity index (χ1) is 13.5. The highest BCUT2D eigenvalue weighted by Gasteiger charge is 2.29. The van der Waals surface area contributed by atoms with Crippen LogP contribution >= 0.6 is 23.2 Å². The van der Waals surface area contributed by atoms with Gasteiger partial charge in [0.2, 0.25) is 5.91 Å². The number of rotatable bonds is 3. The Hall–Kier alpha value is -2.04. The standard InChI is InChI=1S/C22H22Cl2N2O2/c23-19-7-3-6-18(21(19)24)22(28)26-12-10-25(11-13-26)20(27)14-16-9-8-15-4-1-2-5-17(15)16/h1-7,16H,8-14H2. The van der Waals surface area contributed by atoms with Gasteiger partial charge in [-0.15, -0.1) is 0 Å². The number of benzene rings is 2. The maximum absolute atomic E-state index is 12.8. The number of hydrogen-bond acceptors (Lipinski definition) is 2. The zero-order valence-corrected chi connectivity index (χ0v) is 17.0. The monoisotopic (exact) mass is 416 g/mol. The van der Waals surface area contributed by atoms with Crippen molar-refractivity contribution in [1.29, 1.82) is 0 Å². The molecule has 1 unspecified atom stereocenters. The summed E-state index contributed by atoms with van der Waals surface area (Å²) in [4.78, 5) is 29.2. The third-order valence-corrected chi connectivity index (χ3v) is 6.60. The van der Waals surface area contributed by atoms with Gasteiger partial charge in [0.15, 0.2) is 0 Å². The molecule has 0 radical (unpaired) electrons. The minimum Gasteiger partial charge on any atom is -0.339 e. The van der Waals surface area contributed by atoms with E-state index in [1.54, 1.807) is 23.1 Å². The number of halogens is 2. The molecule has 2 aromatic carbocycles. The van der Waals surface area contributed by atoms with E-state index in [1.807, 2.05) is 11.0 Å². The number of amides is 2. The van der Waals surface area contributed by atoms with Crippen LogP contribution < -0.4 is 0 Å². The fourth-order valence-electron chi connectivity index (χ4n) is 4.20. The fraction of sp³-hybridized carbons (Fsp3) is 0.364. The number of nitrogens with zero attached hydrogens (tertiary/aromatic N) is 2. The zero-order valence-electron chi connectivity index (χ0n) is 15.5. The van der Waals surface area contributed by atoms with Crippen LogP contribution in [0.3, 0.4) is 0 Å². The molecule has 6 heteroatoms. The Balaban J connectivity index is 1.35. The molecule has 1 saturated heterocycles. The first-order valence-electron chi connectivity index (χ1n) is 9.63. The largest absolute Gasteiger partial charge is 0.339 e. The van der Waals surface area contributed by atoms with Crippen LogP contribution in [0, 0.1) is 0 Å². The molecule has 4 nitrogen and oxygen atoms in total. The van der Waals surface area contributed by atoms with Gasteiger partial charge in [0, 0.05) is 32.6 Å². The zero-order chi connectivity index (χ0) is 19.7. The summed E-state index contributed by atoms with van der Waals surface area (Å²) in [5.74, 6) is 0.354. The van der Waals surface area contributed by atoms with Gasteiger partial charge < -0.3 is 9.80 Å². The van der Waals surface area contributed by atoms with E-state index in [1.165, 1.54) is 11.1 Å². The van der Waals surface area contributed by atoms with E-state index in [-0.39, 0.29) is 16.8 Å². The van der Waals surface area contributed by atoms with Crippen molar-refractivity contribution in [3.63, 3.8) is 0 Å². The van der Waals surface area contributed by atoms with Gasteiger partial charge >= 0.3 is 0 Å². The highest BCUT2D eigenvalue weighted by atomic mass is 35.5. The molecule has 1 heterocycles. The summed E-state index contributed by atoms with van der Waals surface area (Å²) in [6.07, 6.45) is 2.64. The van der Waals surface area contributed by atoms with E-state index in [0.717, 1.165) is 12.8 Å². The summed E-state index contributed by atoms with van der Waals surface area (Å²) < 4.78 is 0. The lowest BCUT2D eigenvalue weighted by molar-refractivity contribution is -0.133. The lowest BCUT2D eigenvalue weighted by Crippen LogP contribution is -2.50. The molecule has 2 aliphatic rings. The third kappa shape index (κ3) is 3.76.